The molecule has 0 radical (unpaired) electrons. The van der Waals surface area contributed by atoms with Crippen LogP contribution in [0, 0.1) is 6.92 Å². The number of phenols is 1. The lowest BCUT2D eigenvalue weighted by Gasteiger charge is -2.07. The van der Waals surface area contributed by atoms with Crippen LogP contribution < -0.4 is 10.1 Å². The van der Waals surface area contributed by atoms with Crippen molar-refractivity contribution in [2.75, 3.05) is 12.4 Å². The Hall–Kier alpha value is -2.17. The van der Waals surface area contributed by atoms with Gasteiger partial charge in [0.2, 0.25) is 0 Å². The predicted octanol–water partition coefficient (Wildman–Crippen LogP) is 2.54. The molecule has 0 aliphatic rings. The summed E-state index contributed by atoms with van der Waals surface area (Å²) in [5.41, 5.74) is 2.10. The first-order chi connectivity index (χ1) is 9.13. The molecule has 19 heavy (non-hydrogen) atoms. The molecule has 0 fully saturated rings. The van der Waals surface area contributed by atoms with Gasteiger partial charge in [-0.15, -0.1) is 0 Å². The zero-order chi connectivity index (χ0) is 13.8. The molecule has 0 atom stereocenters. The number of anilines is 1. The first-order valence-electron chi connectivity index (χ1n) is 6.28. The van der Waals surface area contributed by atoms with E-state index in [1.54, 1.807) is 12.1 Å². The monoisotopic (exact) mass is 261 g/mol. The highest BCUT2D eigenvalue weighted by Crippen LogP contribution is 2.26. The van der Waals surface area contributed by atoms with Gasteiger partial charge in [-0.2, -0.15) is 5.10 Å². The molecule has 5 heteroatoms. The van der Waals surface area contributed by atoms with Crippen LogP contribution in [0.5, 0.6) is 11.5 Å². The summed E-state index contributed by atoms with van der Waals surface area (Å²) in [7, 11) is 1.53. The quantitative estimate of drug-likeness (QED) is 0.868. The van der Waals surface area contributed by atoms with Crippen LogP contribution in [-0.4, -0.2) is 22.0 Å². The van der Waals surface area contributed by atoms with Gasteiger partial charge in [-0.25, -0.2) is 0 Å². The van der Waals surface area contributed by atoms with Gasteiger partial charge in [0.1, 0.15) is 5.82 Å². The van der Waals surface area contributed by atoms with E-state index < -0.39 is 0 Å². The summed E-state index contributed by atoms with van der Waals surface area (Å²) in [6.45, 7) is 5.56. The highest BCUT2D eigenvalue weighted by Gasteiger charge is 2.05. The smallest absolute Gasteiger partial charge is 0.160 e. The Morgan fingerprint density at radius 1 is 1.37 bits per heavy atom. The van der Waals surface area contributed by atoms with Gasteiger partial charge in [-0.1, -0.05) is 6.07 Å². The van der Waals surface area contributed by atoms with E-state index >= 15 is 0 Å². The van der Waals surface area contributed by atoms with Crippen molar-refractivity contribution >= 4 is 5.82 Å². The Morgan fingerprint density at radius 3 is 2.74 bits per heavy atom. The molecule has 2 aromatic rings. The molecule has 2 N–H and O–H groups in total. The Bertz CT molecular complexity index is 564. The van der Waals surface area contributed by atoms with Crippen LogP contribution in [0.1, 0.15) is 18.2 Å². The summed E-state index contributed by atoms with van der Waals surface area (Å²) >= 11 is 0. The summed E-state index contributed by atoms with van der Waals surface area (Å²) in [6.07, 6.45) is 0. The third-order valence-electron chi connectivity index (χ3n) is 3.00. The number of aromatic hydroxyl groups is 1. The second kappa shape index (κ2) is 5.65. The van der Waals surface area contributed by atoms with Crippen molar-refractivity contribution in [1.82, 2.24) is 9.78 Å². The summed E-state index contributed by atoms with van der Waals surface area (Å²) < 4.78 is 6.95. The summed E-state index contributed by atoms with van der Waals surface area (Å²) in [6, 6.07) is 7.36. The molecule has 1 aromatic heterocycles. The van der Waals surface area contributed by atoms with Crippen LogP contribution in [-0.2, 0) is 13.1 Å². The molecule has 0 aliphatic heterocycles. The molecular formula is C14H19N3O2. The molecule has 0 unspecified atom stereocenters. The van der Waals surface area contributed by atoms with Gasteiger partial charge in [0.25, 0.3) is 0 Å². The molecule has 0 saturated heterocycles. The lowest BCUT2D eigenvalue weighted by Crippen LogP contribution is -2.02. The number of hydrogen-bond donors (Lipinski definition) is 2. The lowest BCUT2D eigenvalue weighted by atomic mass is 10.2. The fourth-order valence-corrected chi connectivity index (χ4v) is 1.95. The molecule has 0 aliphatic carbocycles. The number of aromatic nitrogens is 2. The zero-order valence-electron chi connectivity index (χ0n) is 11.5. The number of phenolic OH excluding ortho intramolecular Hbond substituents is 1. The standard InChI is InChI=1S/C14H19N3O2/c1-4-17-10(2)7-14(16-17)15-9-11-5-6-13(19-3)12(18)8-11/h5-8,18H,4,9H2,1-3H3,(H,15,16). The average molecular weight is 261 g/mol. The number of hydrogen-bond acceptors (Lipinski definition) is 4. The maximum atomic E-state index is 9.70. The molecule has 0 bridgehead atoms. The van der Waals surface area contributed by atoms with Crippen LogP contribution in [0.15, 0.2) is 24.3 Å². The maximum absolute atomic E-state index is 9.70. The van der Waals surface area contributed by atoms with Crippen molar-refractivity contribution in [3.8, 4) is 11.5 Å². The van der Waals surface area contributed by atoms with E-state index in [0.717, 1.165) is 23.6 Å². The largest absolute Gasteiger partial charge is 0.504 e. The predicted molar refractivity (Wildman–Crippen MR) is 74.6 cm³/mol. The minimum atomic E-state index is 0.150. The van der Waals surface area contributed by atoms with Crippen LogP contribution in [0.3, 0.4) is 0 Å². The van der Waals surface area contributed by atoms with Crippen molar-refractivity contribution in [2.45, 2.75) is 26.9 Å². The molecule has 5 nitrogen and oxygen atoms in total. The number of nitrogens with zero attached hydrogens (tertiary/aromatic N) is 2. The van der Waals surface area contributed by atoms with E-state index in [-0.39, 0.29) is 5.75 Å². The zero-order valence-corrected chi connectivity index (χ0v) is 11.5. The molecule has 0 saturated carbocycles. The molecular weight excluding hydrogens is 242 g/mol. The third-order valence-corrected chi connectivity index (χ3v) is 3.00. The molecule has 2 rings (SSSR count). The van der Waals surface area contributed by atoms with E-state index in [1.165, 1.54) is 7.11 Å². The number of aryl methyl sites for hydroxylation is 2. The van der Waals surface area contributed by atoms with Crippen LogP contribution in [0.25, 0.3) is 0 Å². The topological polar surface area (TPSA) is 59.3 Å². The van der Waals surface area contributed by atoms with E-state index in [1.807, 2.05) is 23.7 Å². The Morgan fingerprint density at radius 2 is 2.16 bits per heavy atom. The van der Waals surface area contributed by atoms with Crippen molar-refractivity contribution in [3.63, 3.8) is 0 Å². The Labute approximate surface area is 112 Å². The van der Waals surface area contributed by atoms with Crippen molar-refractivity contribution in [1.29, 1.82) is 0 Å². The van der Waals surface area contributed by atoms with Crippen molar-refractivity contribution in [3.05, 3.63) is 35.5 Å². The molecule has 0 amide bonds. The number of nitrogens with one attached hydrogen (secondary N) is 1. The van der Waals surface area contributed by atoms with Gasteiger partial charge < -0.3 is 15.2 Å². The molecule has 1 heterocycles. The number of benzene rings is 1. The minimum Gasteiger partial charge on any atom is -0.504 e. The van der Waals surface area contributed by atoms with E-state index in [2.05, 4.69) is 17.3 Å². The fourth-order valence-electron chi connectivity index (χ4n) is 1.95. The number of methoxy groups -OCH3 is 1. The van der Waals surface area contributed by atoms with E-state index in [4.69, 9.17) is 4.74 Å². The summed E-state index contributed by atoms with van der Waals surface area (Å²) in [4.78, 5) is 0. The highest BCUT2D eigenvalue weighted by molar-refractivity contribution is 5.43. The average Bonchev–Trinajstić information content (AvgIpc) is 2.77. The van der Waals surface area contributed by atoms with Gasteiger partial charge >= 0.3 is 0 Å². The first kappa shape index (κ1) is 13.3. The SMILES string of the molecule is CCn1nc(NCc2ccc(OC)c(O)c2)cc1C. The lowest BCUT2D eigenvalue weighted by molar-refractivity contribution is 0.373. The van der Waals surface area contributed by atoms with Gasteiger partial charge in [0.15, 0.2) is 11.5 Å². The van der Waals surface area contributed by atoms with E-state index in [9.17, 15) is 5.11 Å². The maximum Gasteiger partial charge on any atom is 0.160 e. The van der Waals surface area contributed by atoms with Crippen molar-refractivity contribution < 1.29 is 9.84 Å². The number of rotatable bonds is 5. The summed E-state index contributed by atoms with van der Waals surface area (Å²) in [5.74, 6) is 1.47. The van der Waals surface area contributed by atoms with E-state index in [0.29, 0.717) is 12.3 Å². The number of ether oxygens (including phenoxy) is 1. The van der Waals surface area contributed by atoms with Gasteiger partial charge in [0.05, 0.1) is 7.11 Å². The third kappa shape index (κ3) is 2.99. The Balaban J connectivity index is 2.03. The normalized spacial score (nSPS) is 10.5. The second-order valence-corrected chi connectivity index (χ2v) is 4.35. The first-order valence-corrected chi connectivity index (χ1v) is 6.28. The van der Waals surface area contributed by atoms with Crippen molar-refractivity contribution in [2.24, 2.45) is 0 Å². The Kier molecular flexibility index (Phi) is 3.94. The van der Waals surface area contributed by atoms with Gasteiger partial charge in [-0.3, -0.25) is 4.68 Å². The van der Waals surface area contributed by atoms with Gasteiger partial charge in [-0.05, 0) is 31.5 Å². The molecule has 102 valence electrons. The van der Waals surface area contributed by atoms with Gasteiger partial charge in [0, 0.05) is 24.8 Å². The molecule has 0 spiro atoms. The van der Waals surface area contributed by atoms with Crippen LogP contribution in [0.4, 0.5) is 5.82 Å². The second-order valence-electron chi connectivity index (χ2n) is 4.35. The minimum absolute atomic E-state index is 0.150. The molecule has 1 aromatic carbocycles. The van der Waals surface area contributed by atoms with Crippen LogP contribution in [0.2, 0.25) is 0 Å². The fraction of sp³-hybridized carbons (Fsp3) is 0.357. The highest BCUT2D eigenvalue weighted by atomic mass is 16.5. The summed E-state index contributed by atoms with van der Waals surface area (Å²) in [5, 5.41) is 17.4. The van der Waals surface area contributed by atoms with Crippen LogP contribution >= 0.6 is 0 Å².